The van der Waals surface area contributed by atoms with E-state index < -0.39 is 0 Å². The molecule has 15 heavy (non-hydrogen) atoms. The second-order valence-corrected chi connectivity index (χ2v) is 4.56. The Balaban J connectivity index is 2.22. The van der Waals surface area contributed by atoms with Crippen LogP contribution in [0.25, 0.3) is 0 Å². The quantitative estimate of drug-likeness (QED) is 0.647. The van der Waals surface area contributed by atoms with Gasteiger partial charge in [-0.25, -0.2) is 0 Å². The zero-order valence-corrected chi connectivity index (χ0v) is 10.1. The summed E-state index contributed by atoms with van der Waals surface area (Å²) < 4.78 is 0. The highest BCUT2D eigenvalue weighted by Crippen LogP contribution is 2.00. The molecule has 0 aromatic carbocycles. The summed E-state index contributed by atoms with van der Waals surface area (Å²) >= 11 is 0. The molecule has 0 saturated carbocycles. The largest absolute Gasteiger partial charge is 0.304 e. The van der Waals surface area contributed by atoms with Gasteiger partial charge < -0.3 is 4.90 Å². The van der Waals surface area contributed by atoms with Crippen molar-refractivity contribution >= 4 is 5.78 Å². The van der Waals surface area contributed by atoms with E-state index in [-0.39, 0.29) is 11.7 Å². The molecule has 86 valence electrons. The Bertz CT molecular complexity index is 228. The average Bonchev–Trinajstić information content (AvgIpc) is 2.20. The van der Waals surface area contributed by atoms with Crippen LogP contribution in [0.4, 0.5) is 0 Å². The molecule has 1 rings (SSSR count). The van der Waals surface area contributed by atoms with Gasteiger partial charge in [0, 0.05) is 38.6 Å². The Morgan fingerprint density at radius 3 is 2.40 bits per heavy atom. The minimum absolute atomic E-state index is 0.119. The monoisotopic (exact) mass is 210 g/mol. The summed E-state index contributed by atoms with van der Waals surface area (Å²) in [5, 5.41) is 0. The lowest BCUT2D eigenvalue weighted by atomic mass is 10.1. The molecule has 3 heteroatoms. The van der Waals surface area contributed by atoms with Crippen LogP contribution in [0.2, 0.25) is 0 Å². The summed E-state index contributed by atoms with van der Waals surface area (Å²) in [5.41, 5.74) is 0. The summed E-state index contributed by atoms with van der Waals surface area (Å²) in [4.78, 5) is 16.0. The van der Waals surface area contributed by atoms with E-state index in [1.54, 1.807) is 6.08 Å². The number of rotatable bonds is 4. The van der Waals surface area contributed by atoms with Gasteiger partial charge in [-0.15, -0.1) is 0 Å². The van der Waals surface area contributed by atoms with E-state index >= 15 is 0 Å². The number of carbonyl (C=O) groups excluding carboxylic acids is 1. The lowest BCUT2D eigenvalue weighted by molar-refractivity contribution is -0.117. The van der Waals surface area contributed by atoms with Gasteiger partial charge in [0.05, 0.1) is 0 Å². The van der Waals surface area contributed by atoms with E-state index in [0.29, 0.717) is 0 Å². The summed E-state index contributed by atoms with van der Waals surface area (Å²) in [6, 6.07) is 0. The van der Waals surface area contributed by atoms with Crippen molar-refractivity contribution < 1.29 is 4.79 Å². The van der Waals surface area contributed by atoms with Crippen LogP contribution in [0.1, 0.15) is 13.8 Å². The Morgan fingerprint density at radius 2 is 1.87 bits per heavy atom. The molecule has 0 atom stereocenters. The summed E-state index contributed by atoms with van der Waals surface area (Å²) in [6.07, 6.45) is 3.72. The van der Waals surface area contributed by atoms with Crippen molar-refractivity contribution in [3.05, 3.63) is 12.2 Å². The summed E-state index contributed by atoms with van der Waals surface area (Å²) in [5.74, 6) is 0.345. The molecule has 0 N–H and O–H groups in total. The molecule has 0 unspecified atom stereocenters. The van der Waals surface area contributed by atoms with Crippen LogP contribution >= 0.6 is 0 Å². The first kappa shape index (κ1) is 12.4. The van der Waals surface area contributed by atoms with Gasteiger partial charge in [-0.3, -0.25) is 9.69 Å². The molecule has 0 aliphatic carbocycles. The maximum atomic E-state index is 11.3. The third-order valence-corrected chi connectivity index (χ3v) is 2.81. The van der Waals surface area contributed by atoms with Crippen LogP contribution < -0.4 is 0 Å². The molecule has 0 bridgehead atoms. The fraction of sp³-hybridized carbons (Fsp3) is 0.750. The summed E-state index contributed by atoms with van der Waals surface area (Å²) in [7, 11) is 2.15. The Kier molecular flexibility index (Phi) is 4.99. The first-order valence-corrected chi connectivity index (χ1v) is 5.71. The minimum atomic E-state index is 0.119. The van der Waals surface area contributed by atoms with Crippen LogP contribution in [0, 0.1) is 5.92 Å². The van der Waals surface area contributed by atoms with Crippen LogP contribution in [0.15, 0.2) is 12.2 Å². The van der Waals surface area contributed by atoms with Crippen molar-refractivity contribution in [2.45, 2.75) is 13.8 Å². The zero-order valence-electron chi connectivity index (χ0n) is 10.1. The van der Waals surface area contributed by atoms with Crippen molar-refractivity contribution in [1.29, 1.82) is 0 Å². The number of allylic oxidation sites excluding steroid dienone is 1. The van der Waals surface area contributed by atoms with Crippen molar-refractivity contribution in [3.8, 4) is 0 Å². The first-order valence-electron chi connectivity index (χ1n) is 5.71. The van der Waals surface area contributed by atoms with Gasteiger partial charge in [0.2, 0.25) is 0 Å². The minimum Gasteiger partial charge on any atom is -0.304 e. The van der Waals surface area contributed by atoms with Crippen molar-refractivity contribution in [3.63, 3.8) is 0 Å². The predicted octanol–water partition coefficient (Wildman–Crippen LogP) is 1.02. The van der Waals surface area contributed by atoms with E-state index in [2.05, 4.69) is 16.8 Å². The van der Waals surface area contributed by atoms with Gasteiger partial charge >= 0.3 is 0 Å². The number of nitrogens with zero attached hydrogens (tertiary/aromatic N) is 2. The Labute approximate surface area is 92.7 Å². The second-order valence-electron chi connectivity index (χ2n) is 4.56. The van der Waals surface area contributed by atoms with E-state index in [1.165, 1.54) is 0 Å². The molecule has 0 aromatic heterocycles. The standard InChI is InChI=1S/C12H22N2O/c1-11(2)12(15)5-4-6-14-9-7-13(3)8-10-14/h4-5,11H,6-10H2,1-3H3/b5-4+. The maximum absolute atomic E-state index is 11.3. The Hall–Kier alpha value is -0.670. The highest BCUT2D eigenvalue weighted by atomic mass is 16.1. The number of ketones is 1. The highest BCUT2D eigenvalue weighted by molar-refractivity contribution is 5.91. The van der Waals surface area contributed by atoms with Crippen molar-refractivity contribution in [2.75, 3.05) is 39.8 Å². The van der Waals surface area contributed by atoms with Crippen LogP contribution in [-0.4, -0.2) is 55.4 Å². The topological polar surface area (TPSA) is 23.6 Å². The fourth-order valence-corrected chi connectivity index (χ4v) is 1.54. The smallest absolute Gasteiger partial charge is 0.157 e. The molecule has 0 aromatic rings. The average molecular weight is 210 g/mol. The van der Waals surface area contributed by atoms with Crippen LogP contribution in [0.3, 0.4) is 0 Å². The molecule has 0 spiro atoms. The molecule has 3 nitrogen and oxygen atoms in total. The molecular weight excluding hydrogens is 188 g/mol. The Morgan fingerprint density at radius 1 is 1.27 bits per heavy atom. The van der Waals surface area contributed by atoms with Crippen molar-refractivity contribution in [1.82, 2.24) is 9.80 Å². The molecule has 1 saturated heterocycles. The fourth-order valence-electron chi connectivity index (χ4n) is 1.54. The normalized spacial score (nSPS) is 20.3. The maximum Gasteiger partial charge on any atom is 0.157 e. The highest BCUT2D eigenvalue weighted by Gasteiger charge is 2.11. The summed E-state index contributed by atoms with van der Waals surface area (Å²) in [6.45, 7) is 9.25. The first-order chi connectivity index (χ1) is 7.09. The van der Waals surface area contributed by atoms with E-state index in [1.807, 2.05) is 19.9 Å². The molecule has 1 fully saturated rings. The van der Waals surface area contributed by atoms with Crippen LogP contribution in [0.5, 0.6) is 0 Å². The lowest BCUT2D eigenvalue weighted by Gasteiger charge is -2.31. The lowest BCUT2D eigenvalue weighted by Crippen LogP contribution is -2.44. The predicted molar refractivity (Wildman–Crippen MR) is 62.9 cm³/mol. The second kappa shape index (κ2) is 6.03. The molecule has 1 heterocycles. The van der Waals surface area contributed by atoms with E-state index in [0.717, 1.165) is 32.7 Å². The zero-order chi connectivity index (χ0) is 11.3. The van der Waals surface area contributed by atoms with Crippen molar-refractivity contribution in [2.24, 2.45) is 5.92 Å². The van der Waals surface area contributed by atoms with E-state index in [9.17, 15) is 4.79 Å². The third kappa shape index (κ3) is 4.58. The number of hydrogen-bond acceptors (Lipinski definition) is 3. The van der Waals surface area contributed by atoms with Gasteiger partial charge in [0.15, 0.2) is 5.78 Å². The molecule has 0 radical (unpaired) electrons. The van der Waals surface area contributed by atoms with Gasteiger partial charge in [-0.05, 0) is 13.1 Å². The number of likely N-dealkylation sites (N-methyl/N-ethyl adjacent to an activating group) is 1. The molecule has 1 aliphatic rings. The van der Waals surface area contributed by atoms with Gasteiger partial charge in [-0.2, -0.15) is 0 Å². The molecule has 1 aliphatic heterocycles. The number of piperazine rings is 1. The molecule has 0 amide bonds. The number of hydrogen-bond donors (Lipinski definition) is 0. The van der Waals surface area contributed by atoms with Gasteiger partial charge in [-0.1, -0.05) is 19.9 Å². The van der Waals surface area contributed by atoms with Gasteiger partial charge in [0.25, 0.3) is 0 Å². The van der Waals surface area contributed by atoms with Gasteiger partial charge in [0.1, 0.15) is 0 Å². The molecular formula is C12H22N2O. The van der Waals surface area contributed by atoms with Crippen LogP contribution in [-0.2, 0) is 4.79 Å². The number of carbonyl (C=O) groups is 1. The SMILES string of the molecule is CC(C)C(=O)/C=C/CN1CCN(C)CC1. The van der Waals surface area contributed by atoms with E-state index in [4.69, 9.17) is 0 Å². The third-order valence-electron chi connectivity index (χ3n) is 2.81.